The number of rotatable bonds is 3. The van der Waals surface area contributed by atoms with Crippen LogP contribution >= 0.6 is 0 Å². The minimum atomic E-state index is -0.280. The molecule has 80 valence electrons. The van der Waals surface area contributed by atoms with Crippen molar-refractivity contribution < 1.29 is 0 Å². The quantitative estimate of drug-likeness (QED) is 0.680. The Balaban J connectivity index is 2.24. The van der Waals surface area contributed by atoms with Gasteiger partial charge in [-0.1, -0.05) is 0 Å². The van der Waals surface area contributed by atoms with E-state index in [-0.39, 0.29) is 5.54 Å². The lowest BCUT2D eigenvalue weighted by atomic mass is 10.1. The standard InChI is InChI=1S/C9H14N6/c1-9(2,10)3-11-7-6-8(13-4-12-6)15-5-14-7/h4-5H,3,10H2,1-2H3,(H2,11,12,13,14,15). The first-order valence-corrected chi connectivity index (χ1v) is 4.73. The van der Waals surface area contributed by atoms with Gasteiger partial charge in [-0.25, -0.2) is 15.0 Å². The van der Waals surface area contributed by atoms with Crippen LogP contribution in [0.1, 0.15) is 13.8 Å². The zero-order chi connectivity index (χ0) is 10.9. The van der Waals surface area contributed by atoms with E-state index in [0.717, 1.165) is 11.3 Å². The number of fused-ring (bicyclic) bond motifs is 1. The summed E-state index contributed by atoms with van der Waals surface area (Å²) in [5.41, 5.74) is 7.05. The maximum atomic E-state index is 5.87. The lowest BCUT2D eigenvalue weighted by Gasteiger charge is -2.19. The summed E-state index contributed by atoms with van der Waals surface area (Å²) in [5.74, 6) is 0.732. The van der Waals surface area contributed by atoms with Crippen molar-refractivity contribution in [1.29, 1.82) is 0 Å². The third-order valence-corrected chi connectivity index (χ3v) is 1.93. The number of hydrogen-bond acceptors (Lipinski definition) is 5. The molecule has 0 aliphatic rings. The highest BCUT2D eigenvalue weighted by Crippen LogP contribution is 2.14. The van der Waals surface area contributed by atoms with Crippen molar-refractivity contribution in [1.82, 2.24) is 19.9 Å². The van der Waals surface area contributed by atoms with E-state index in [1.54, 1.807) is 6.33 Å². The van der Waals surface area contributed by atoms with Crippen LogP contribution in [0.5, 0.6) is 0 Å². The molecule has 0 bridgehead atoms. The number of aromatic nitrogens is 4. The summed E-state index contributed by atoms with van der Waals surface area (Å²) in [7, 11) is 0. The first kappa shape index (κ1) is 9.85. The number of anilines is 1. The molecule has 2 heterocycles. The van der Waals surface area contributed by atoms with E-state index in [1.807, 2.05) is 13.8 Å². The Hall–Kier alpha value is -1.69. The second kappa shape index (κ2) is 3.47. The van der Waals surface area contributed by atoms with Gasteiger partial charge in [-0.2, -0.15) is 0 Å². The molecule has 4 N–H and O–H groups in total. The summed E-state index contributed by atoms with van der Waals surface area (Å²) in [5, 5.41) is 3.17. The Labute approximate surface area is 87.3 Å². The molecule has 0 amide bonds. The maximum absolute atomic E-state index is 5.87. The Morgan fingerprint density at radius 1 is 1.40 bits per heavy atom. The van der Waals surface area contributed by atoms with Gasteiger partial charge in [-0.05, 0) is 13.8 Å². The largest absolute Gasteiger partial charge is 0.366 e. The molecule has 0 unspecified atom stereocenters. The average molecular weight is 206 g/mol. The van der Waals surface area contributed by atoms with Crippen LogP contribution in [-0.4, -0.2) is 32.0 Å². The molecular formula is C9H14N6. The van der Waals surface area contributed by atoms with Crippen molar-refractivity contribution in [2.45, 2.75) is 19.4 Å². The first-order chi connectivity index (χ1) is 7.06. The third-order valence-electron chi connectivity index (χ3n) is 1.93. The fourth-order valence-corrected chi connectivity index (χ4v) is 1.21. The van der Waals surface area contributed by atoms with Crippen LogP contribution in [0.3, 0.4) is 0 Å². The van der Waals surface area contributed by atoms with Crippen LogP contribution in [0.15, 0.2) is 12.7 Å². The molecule has 0 atom stereocenters. The van der Waals surface area contributed by atoms with E-state index in [4.69, 9.17) is 5.73 Å². The normalized spacial score (nSPS) is 11.9. The average Bonchev–Trinajstić information content (AvgIpc) is 2.61. The van der Waals surface area contributed by atoms with Crippen molar-refractivity contribution in [2.24, 2.45) is 5.73 Å². The van der Waals surface area contributed by atoms with Crippen LogP contribution in [0.25, 0.3) is 11.2 Å². The molecule has 6 heteroatoms. The van der Waals surface area contributed by atoms with Crippen molar-refractivity contribution >= 4 is 17.0 Å². The molecule has 0 saturated heterocycles. The van der Waals surface area contributed by atoms with Gasteiger partial charge in [0.2, 0.25) is 0 Å². The Kier molecular flexibility index (Phi) is 2.28. The highest BCUT2D eigenvalue weighted by molar-refractivity contribution is 5.81. The van der Waals surface area contributed by atoms with Crippen LogP contribution < -0.4 is 11.1 Å². The predicted octanol–water partition coefficient (Wildman–Crippen LogP) is 0.502. The lowest BCUT2D eigenvalue weighted by molar-refractivity contribution is 0.549. The Morgan fingerprint density at radius 2 is 2.20 bits per heavy atom. The van der Waals surface area contributed by atoms with E-state index in [0.29, 0.717) is 12.2 Å². The zero-order valence-corrected chi connectivity index (χ0v) is 8.78. The zero-order valence-electron chi connectivity index (χ0n) is 8.78. The number of imidazole rings is 1. The van der Waals surface area contributed by atoms with Gasteiger partial charge in [0.05, 0.1) is 6.33 Å². The fraction of sp³-hybridized carbons (Fsp3) is 0.444. The minimum Gasteiger partial charge on any atom is -0.366 e. The van der Waals surface area contributed by atoms with Crippen LogP contribution in [0.2, 0.25) is 0 Å². The molecule has 0 aliphatic carbocycles. The van der Waals surface area contributed by atoms with E-state index < -0.39 is 0 Å². The van der Waals surface area contributed by atoms with Gasteiger partial charge in [0.25, 0.3) is 0 Å². The van der Waals surface area contributed by atoms with E-state index in [1.165, 1.54) is 6.33 Å². The number of H-pyrrole nitrogens is 1. The number of hydrogen-bond donors (Lipinski definition) is 3. The van der Waals surface area contributed by atoms with Gasteiger partial charge in [0.1, 0.15) is 11.8 Å². The van der Waals surface area contributed by atoms with Gasteiger partial charge in [-0.15, -0.1) is 0 Å². The lowest BCUT2D eigenvalue weighted by Crippen LogP contribution is -2.39. The molecule has 0 spiro atoms. The Bertz CT molecular complexity index is 455. The van der Waals surface area contributed by atoms with E-state index in [9.17, 15) is 0 Å². The molecule has 0 saturated carbocycles. The monoisotopic (exact) mass is 206 g/mol. The number of aromatic amines is 1. The Morgan fingerprint density at radius 3 is 2.93 bits per heavy atom. The van der Waals surface area contributed by atoms with Gasteiger partial charge in [-0.3, -0.25) is 0 Å². The summed E-state index contributed by atoms with van der Waals surface area (Å²) in [6, 6.07) is 0. The molecule has 2 aromatic rings. The number of nitrogens with zero attached hydrogens (tertiary/aromatic N) is 3. The van der Waals surface area contributed by atoms with E-state index in [2.05, 4.69) is 25.3 Å². The fourth-order valence-electron chi connectivity index (χ4n) is 1.21. The molecular weight excluding hydrogens is 192 g/mol. The van der Waals surface area contributed by atoms with Gasteiger partial charge in [0, 0.05) is 12.1 Å². The van der Waals surface area contributed by atoms with Crippen molar-refractivity contribution in [3.8, 4) is 0 Å². The number of nitrogens with two attached hydrogens (primary N) is 1. The van der Waals surface area contributed by atoms with Crippen molar-refractivity contribution in [3.63, 3.8) is 0 Å². The molecule has 2 aromatic heterocycles. The summed E-state index contributed by atoms with van der Waals surface area (Å²) in [6.07, 6.45) is 3.08. The van der Waals surface area contributed by atoms with E-state index >= 15 is 0 Å². The summed E-state index contributed by atoms with van der Waals surface area (Å²) >= 11 is 0. The highest BCUT2D eigenvalue weighted by atomic mass is 15.1. The third kappa shape index (κ3) is 2.21. The SMILES string of the molecule is CC(C)(N)CNc1ncnc2nc[nH]c12. The predicted molar refractivity (Wildman–Crippen MR) is 58.4 cm³/mol. The van der Waals surface area contributed by atoms with Crippen LogP contribution in [-0.2, 0) is 0 Å². The van der Waals surface area contributed by atoms with Gasteiger partial charge < -0.3 is 16.0 Å². The molecule has 15 heavy (non-hydrogen) atoms. The summed E-state index contributed by atoms with van der Waals surface area (Å²) < 4.78 is 0. The molecule has 0 fully saturated rings. The second-order valence-electron chi connectivity index (χ2n) is 4.17. The van der Waals surface area contributed by atoms with Gasteiger partial charge >= 0.3 is 0 Å². The first-order valence-electron chi connectivity index (χ1n) is 4.73. The van der Waals surface area contributed by atoms with Crippen LogP contribution in [0, 0.1) is 0 Å². The van der Waals surface area contributed by atoms with Crippen LogP contribution in [0.4, 0.5) is 5.82 Å². The molecule has 2 rings (SSSR count). The highest BCUT2D eigenvalue weighted by Gasteiger charge is 2.12. The molecule has 0 aliphatic heterocycles. The van der Waals surface area contributed by atoms with Crippen molar-refractivity contribution in [3.05, 3.63) is 12.7 Å². The number of nitrogens with one attached hydrogen (secondary N) is 2. The smallest absolute Gasteiger partial charge is 0.182 e. The maximum Gasteiger partial charge on any atom is 0.182 e. The minimum absolute atomic E-state index is 0.280. The molecule has 6 nitrogen and oxygen atoms in total. The molecule has 0 radical (unpaired) electrons. The van der Waals surface area contributed by atoms with Crippen molar-refractivity contribution in [2.75, 3.05) is 11.9 Å². The summed E-state index contributed by atoms with van der Waals surface area (Å²) in [6.45, 7) is 4.54. The summed E-state index contributed by atoms with van der Waals surface area (Å²) in [4.78, 5) is 15.2. The second-order valence-corrected chi connectivity index (χ2v) is 4.17. The topological polar surface area (TPSA) is 92.5 Å². The van der Waals surface area contributed by atoms with Gasteiger partial charge in [0.15, 0.2) is 11.5 Å². The molecule has 0 aromatic carbocycles.